The van der Waals surface area contributed by atoms with Gasteiger partial charge in [0.1, 0.15) is 11.6 Å². The standard InChI is InChI=1S/C22H25N3O3/c1-5-11-25-16(2)12-18(17(25)3)13-19(14-23)22(27)28-15-21(26)24(4)20-9-7-6-8-10-20/h6-10,12-13H,5,11,15H2,1-4H3/b19-13+. The van der Waals surface area contributed by atoms with Crippen LogP contribution in [0, 0.1) is 25.2 Å². The van der Waals surface area contributed by atoms with Gasteiger partial charge in [-0.25, -0.2) is 4.79 Å². The first kappa shape index (κ1) is 21.0. The summed E-state index contributed by atoms with van der Waals surface area (Å²) >= 11 is 0. The number of esters is 1. The van der Waals surface area contributed by atoms with Crippen LogP contribution in [0.5, 0.6) is 0 Å². The number of carbonyl (C=O) groups is 2. The molecule has 1 amide bonds. The van der Waals surface area contributed by atoms with E-state index in [1.54, 1.807) is 19.2 Å². The minimum atomic E-state index is -0.808. The Morgan fingerprint density at radius 1 is 1.25 bits per heavy atom. The first-order chi connectivity index (χ1) is 13.4. The SMILES string of the molecule is CCCn1c(C)cc(/C=C(\C#N)C(=O)OCC(=O)N(C)c2ccccc2)c1C. The zero-order valence-corrected chi connectivity index (χ0v) is 16.7. The second-order valence-electron chi connectivity index (χ2n) is 6.51. The summed E-state index contributed by atoms with van der Waals surface area (Å²) < 4.78 is 7.21. The number of benzene rings is 1. The summed E-state index contributed by atoms with van der Waals surface area (Å²) in [7, 11) is 1.61. The molecule has 0 fully saturated rings. The molecule has 0 aliphatic heterocycles. The quantitative estimate of drug-likeness (QED) is 0.418. The molecule has 2 aromatic rings. The number of nitriles is 1. The van der Waals surface area contributed by atoms with Crippen molar-refractivity contribution in [1.29, 1.82) is 5.26 Å². The van der Waals surface area contributed by atoms with Crippen molar-refractivity contribution in [2.45, 2.75) is 33.7 Å². The molecule has 2 rings (SSSR count). The summed E-state index contributed by atoms with van der Waals surface area (Å²) in [6.45, 7) is 6.47. The molecule has 0 spiro atoms. The van der Waals surface area contributed by atoms with Crippen LogP contribution in [0.3, 0.4) is 0 Å². The Morgan fingerprint density at radius 3 is 2.54 bits per heavy atom. The van der Waals surface area contributed by atoms with Crippen LogP contribution in [-0.4, -0.2) is 30.1 Å². The number of hydrogen-bond acceptors (Lipinski definition) is 4. The fourth-order valence-corrected chi connectivity index (χ4v) is 2.93. The van der Waals surface area contributed by atoms with Crippen LogP contribution in [-0.2, 0) is 20.9 Å². The van der Waals surface area contributed by atoms with E-state index in [1.807, 2.05) is 44.2 Å². The molecule has 0 bridgehead atoms. The lowest BCUT2D eigenvalue weighted by molar-refractivity contribution is -0.143. The number of hydrogen-bond donors (Lipinski definition) is 0. The third kappa shape index (κ3) is 4.89. The van der Waals surface area contributed by atoms with Gasteiger partial charge in [0.25, 0.3) is 5.91 Å². The van der Waals surface area contributed by atoms with E-state index in [0.29, 0.717) is 5.69 Å². The zero-order chi connectivity index (χ0) is 20.7. The Morgan fingerprint density at radius 2 is 1.93 bits per heavy atom. The molecule has 0 N–H and O–H groups in total. The van der Waals surface area contributed by atoms with Crippen molar-refractivity contribution >= 4 is 23.6 Å². The number of para-hydroxylation sites is 1. The average molecular weight is 379 g/mol. The van der Waals surface area contributed by atoms with Gasteiger partial charge in [0.15, 0.2) is 6.61 Å². The van der Waals surface area contributed by atoms with Crippen LogP contribution in [0.15, 0.2) is 42.0 Å². The smallest absolute Gasteiger partial charge is 0.349 e. The molecule has 1 aromatic carbocycles. The van der Waals surface area contributed by atoms with E-state index in [1.165, 1.54) is 11.0 Å². The number of amides is 1. The molecule has 0 saturated heterocycles. The topological polar surface area (TPSA) is 75.3 Å². The predicted octanol–water partition coefficient (Wildman–Crippen LogP) is 3.63. The Bertz CT molecular complexity index is 920. The maximum atomic E-state index is 12.3. The summed E-state index contributed by atoms with van der Waals surface area (Å²) in [5, 5.41) is 9.36. The normalized spacial score (nSPS) is 11.0. The van der Waals surface area contributed by atoms with Crippen LogP contribution >= 0.6 is 0 Å². The number of rotatable bonds is 7. The largest absolute Gasteiger partial charge is 0.451 e. The van der Waals surface area contributed by atoms with Crippen LogP contribution in [0.4, 0.5) is 5.69 Å². The van der Waals surface area contributed by atoms with Crippen LogP contribution in [0.25, 0.3) is 6.08 Å². The molecule has 146 valence electrons. The van der Waals surface area contributed by atoms with Gasteiger partial charge in [0.2, 0.25) is 0 Å². The third-order valence-electron chi connectivity index (χ3n) is 4.54. The van der Waals surface area contributed by atoms with Gasteiger partial charge in [-0.2, -0.15) is 5.26 Å². The third-order valence-corrected chi connectivity index (χ3v) is 4.54. The van der Waals surface area contributed by atoms with E-state index >= 15 is 0 Å². The van der Waals surface area contributed by atoms with Gasteiger partial charge in [-0.05, 0) is 50.1 Å². The number of ether oxygens (including phenoxy) is 1. The van der Waals surface area contributed by atoms with E-state index in [0.717, 1.165) is 29.9 Å². The fraction of sp³-hybridized carbons (Fsp3) is 0.318. The van der Waals surface area contributed by atoms with Gasteiger partial charge in [-0.1, -0.05) is 25.1 Å². The van der Waals surface area contributed by atoms with Gasteiger partial charge in [0, 0.05) is 30.7 Å². The van der Waals surface area contributed by atoms with Gasteiger partial charge in [0.05, 0.1) is 0 Å². The summed E-state index contributed by atoms with van der Waals surface area (Å²) in [5.74, 6) is -1.18. The lowest BCUT2D eigenvalue weighted by Gasteiger charge is -2.16. The lowest BCUT2D eigenvalue weighted by atomic mass is 10.1. The maximum Gasteiger partial charge on any atom is 0.349 e. The Balaban J connectivity index is 2.08. The summed E-state index contributed by atoms with van der Waals surface area (Å²) in [4.78, 5) is 25.9. The van der Waals surface area contributed by atoms with Crippen molar-refractivity contribution in [3.8, 4) is 6.07 Å². The Hall–Kier alpha value is -3.33. The molecule has 0 aliphatic rings. The van der Waals surface area contributed by atoms with Gasteiger partial charge in [-0.3, -0.25) is 4.79 Å². The van der Waals surface area contributed by atoms with E-state index in [9.17, 15) is 14.9 Å². The lowest BCUT2D eigenvalue weighted by Crippen LogP contribution is -2.31. The molecule has 6 heteroatoms. The second-order valence-corrected chi connectivity index (χ2v) is 6.51. The van der Waals surface area contributed by atoms with E-state index in [4.69, 9.17) is 4.74 Å². The van der Waals surface area contributed by atoms with Crippen molar-refractivity contribution in [2.24, 2.45) is 0 Å². The van der Waals surface area contributed by atoms with Gasteiger partial charge in [-0.15, -0.1) is 0 Å². The van der Waals surface area contributed by atoms with Crippen LogP contribution < -0.4 is 4.90 Å². The molecule has 0 unspecified atom stereocenters. The van der Waals surface area contributed by atoms with E-state index in [2.05, 4.69) is 11.5 Å². The van der Waals surface area contributed by atoms with Crippen molar-refractivity contribution in [2.75, 3.05) is 18.6 Å². The first-order valence-electron chi connectivity index (χ1n) is 9.16. The maximum absolute atomic E-state index is 12.3. The monoisotopic (exact) mass is 379 g/mol. The number of aryl methyl sites for hydroxylation is 1. The molecule has 0 atom stereocenters. The fourth-order valence-electron chi connectivity index (χ4n) is 2.93. The molecular weight excluding hydrogens is 354 g/mol. The molecule has 6 nitrogen and oxygen atoms in total. The number of likely N-dealkylation sites (N-methyl/N-ethyl adjacent to an activating group) is 1. The average Bonchev–Trinajstić information content (AvgIpc) is 2.97. The highest BCUT2D eigenvalue weighted by atomic mass is 16.5. The highest BCUT2D eigenvalue weighted by Gasteiger charge is 2.17. The molecule has 0 radical (unpaired) electrons. The molecular formula is C22H25N3O3. The molecule has 1 aromatic heterocycles. The number of anilines is 1. The van der Waals surface area contributed by atoms with Gasteiger partial charge >= 0.3 is 5.97 Å². The highest BCUT2D eigenvalue weighted by molar-refractivity contribution is 6.00. The van der Waals surface area contributed by atoms with Crippen molar-refractivity contribution in [3.05, 3.63) is 58.9 Å². The van der Waals surface area contributed by atoms with Crippen molar-refractivity contribution < 1.29 is 14.3 Å². The molecule has 1 heterocycles. The van der Waals surface area contributed by atoms with Crippen molar-refractivity contribution in [3.63, 3.8) is 0 Å². The van der Waals surface area contributed by atoms with Crippen LogP contribution in [0.2, 0.25) is 0 Å². The summed E-state index contributed by atoms with van der Waals surface area (Å²) in [6, 6.07) is 12.9. The predicted molar refractivity (Wildman–Crippen MR) is 109 cm³/mol. The van der Waals surface area contributed by atoms with Crippen molar-refractivity contribution in [1.82, 2.24) is 4.57 Å². The minimum absolute atomic E-state index is 0.132. The van der Waals surface area contributed by atoms with E-state index in [-0.39, 0.29) is 11.5 Å². The Kier molecular flexibility index (Phi) is 7.16. The molecule has 0 saturated carbocycles. The van der Waals surface area contributed by atoms with E-state index < -0.39 is 12.6 Å². The summed E-state index contributed by atoms with van der Waals surface area (Å²) in [6.07, 6.45) is 2.51. The number of nitrogens with zero attached hydrogens (tertiary/aromatic N) is 3. The minimum Gasteiger partial charge on any atom is -0.451 e. The zero-order valence-electron chi connectivity index (χ0n) is 16.7. The molecule has 28 heavy (non-hydrogen) atoms. The first-order valence-corrected chi connectivity index (χ1v) is 9.16. The number of aromatic nitrogens is 1. The highest BCUT2D eigenvalue weighted by Crippen LogP contribution is 2.19. The van der Waals surface area contributed by atoms with Crippen LogP contribution in [0.1, 0.15) is 30.3 Å². The Labute approximate surface area is 165 Å². The van der Waals surface area contributed by atoms with Gasteiger partial charge < -0.3 is 14.2 Å². The summed E-state index contributed by atoms with van der Waals surface area (Å²) in [5.41, 5.74) is 3.41. The number of carbonyl (C=O) groups excluding carboxylic acids is 2. The molecule has 0 aliphatic carbocycles. The second kappa shape index (κ2) is 9.56.